The first-order chi connectivity index (χ1) is 8.27. The van der Waals surface area contributed by atoms with Gasteiger partial charge >= 0.3 is 0 Å². The molecular formula is C16H13I. The molecule has 0 radical (unpaired) electrons. The molecule has 1 aliphatic rings. The molecular weight excluding hydrogens is 319 g/mol. The Bertz CT molecular complexity index is 584. The standard InChI is InChI=1S/C16H13I/c1-11-10-12-6-2-3-8-14(12)16(17)15-9-5-4-7-13(11)15/h2-9,16H,1,10H2. The van der Waals surface area contributed by atoms with Crippen molar-refractivity contribution in [1.29, 1.82) is 0 Å². The molecule has 2 aromatic rings. The van der Waals surface area contributed by atoms with E-state index in [1.165, 1.54) is 27.8 Å². The molecule has 0 N–H and O–H groups in total. The van der Waals surface area contributed by atoms with Crippen molar-refractivity contribution >= 4 is 28.2 Å². The van der Waals surface area contributed by atoms with Crippen LogP contribution in [0.4, 0.5) is 0 Å². The van der Waals surface area contributed by atoms with E-state index in [4.69, 9.17) is 0 Å². The smallest absolute Gasteiger partial charge is 0.0617 e. The van der Waals surface area contributed by atoms with Crippen LogP contribution in [0.3, 0.4) is 0 Å². The molecule has 0 aromatic heterocycles. The van der Waals surface area contributed by atoms with Crippen LogP contribution >= 0.6 is 22.6 Å². The highest BCUT2D eigenvalue weighted by Gasteiger charge is 2.22. The zero-order valence-corrected chi connectivity index (χ0v) is 11.6. The fourth-order valence-electron chi connectivity index (χ4n) is 2.48. The normalized spacial score (nSPS) is 18.2. The van der Waals surface area contributed by atoms with Gasteiger partial charge in [0, 0.05) is 0 Å². The van der Waals surface area contributed by atoms with Crippen LogP contribution in [0.25, 0.3) is 5.57 Å². The van der Waals surface area contributed by atoms with Gasteiger partial charge in [0.05, 0.1) is 3.92 Å². The number of hydrogen-bond acceptors (Lipinski definition) is 0. The first-order valence-electron chi connectivity index (χ1n) is 5.76. The maximum Gasteiger partial charge on any atom is 0.0617 e. The van der Waals surface area contributed by atoms with Gasteiger partial charge in [-0.15, -0.1) is 0 Å². The molecule has 0 fully saturated rings. The lowest BCUT2D eigenvalue weighted by atomic mass is 9.99. The first-order valence-corrected chi connectivity index (χ1v) is 7.01. The number of hydrogen-bond donors (Lipinski definition) is 0. The van der Waals surface area contributed by atoms with Gasteiger partial charge in [0.25, 0.3) is 0 Å². The van der Waals surface area contributed by atoms with E-state index in [1.54, 1.807) is 0 Å². The second-order valence-corrected chi connectivity index (χ2v) is 5.67. The third-order valence-corrected chi connectivity index (χ3v) is 4.69. The van der Waals surface area contributed by atoms with Gasteiger partial charge in [0.15, 0.2) is 0 Å². The van der Waals surface area contributed by atoms with Crippen molar-refractivity contribution in [3.8, 4) is 0 Å². The molecule has 2 aromatic carbocycles. The SMILES string of the molecule is C=C1Cc2ccccc2C(I)c2ccccc21. The molecule has 0 aliphatic heterocycles. The summed E-state index contributed by atoms with van der Waals surface area (Å²) in [7, 11) is 0. The highest BCUT2D eigenvalue weighted by molar-refractivity contribution is 14.1. The third-order valence-electron chi connectivity index (χ3n) is 3.35. The molecule has 0 nitrogen and oxygen atoms in total. The molecule has 0 saturated carbocycles. The number of benzene rings is 2. The van der Waals surface area contributed by atoms with Gasteiger partial charge in [0.1, 0.15) is 0 Å². The van der Waals surface area contributed by atoms with Gasteiger partial charge < -0.3 is 0 Å². The maximum atomic E-state index is 4.25. The van der Waals surface area contributed by atoms with Gasteiger partial charge in [-0.05, 0) is 34.2 Å². The van der Waals surface area contributed by atoms with Gasteiger partial charge in [-0.25, -0.2) is 0 Å². The van der Waals surface area contributed by atoms with Crippen LogP contribution in [-0.2, 0) is 6.42 Å². The summed E-state index contributed by atoms with van der Waals surface area (Å²) in [5, 5.41) is 0. The van der Waals surface area contributed by atoms with Gasteiger partial charge in [-0.2, -0.15) is 0 Å². The summed E-state index contributed by atoms with van der Waals surface area (Å²) in [5.74, 6) is 0. The quantitative estimate of drug-likeness (QED) is 0.481. The van der Waals surface area contributed by atoms with Crippen molar-refractivity contribution in [2.24, 2.45) is 0 Å². The van der Waals surface area contributed by atoms with E-state index in [0.717, 1.165) is 6.42 Å². The van der Waals surface area contributed by atoms with E-state index in [0.29, 0.717) is 3.92 Å². The monoisotopic (exact) mass is 332 g/mol. The maximum absolute atomic E-state index is 4.25. The summed E-state index contributed by atoms with van der Waals surface area (Å²) in [5.41, 5.74) is 6.78. The number of allylic oxidation sites excluding steroid dienone is 1. The predicted octanol–water partition coefficient (Wildman–Crippen LogP) is 4.78. The van der Waals surface area contributed by atoms with Crippen LogP contribution in [0.5, 0.6) is 0 Å². The van der Waals surface area contributed by atoms with Crippen molar-refractivity contribution in [3.63, 3.8) is 0 Å². The van der Waals surface area contributed by atoms with Crippen molar-refractivity contribution in [2.75, 3.05) is 0 Å². The average Bonchev–Trinajstić information content (AvgIpc) is 2.48. The molecule has 0 bridgehead atoms. The largest absolute Gasteiger partial charge is 0.0949 e. The molecule has 3 rings (SSSR count). The Hall–Kier alpha value is -1.09. The zero-order valence-electron chi connectivity index (χ0n) is 9.49. The third kappa shape index (κ3) is 1.82. The fourth-order valence-corrected chi connectivity index (χ4v) is 3.63. The van der Waals surface area contributed by atoms with Crippen molar-refractivity contribution in [1.82, 2.24) is 0 Å². The number of alkyl halides is 1. The van der Waals surface area contributed by atoms with Gasteiger partial charge in [-0.3, -0.25) is 0 Å². The summed E-state index contributed by atoms with van der Waals surface area (Å²) in [6.07, 6.45) is 0.965. The van der Waals surface area contributed by atoms with Crippen LogP contribution < -0.4 is 0 Å². The van der Waals surface area contributed by atoms with E-state index >= 15 is 0 Å². The molecule has 0 spiro atoms. The highest BCUT2D eigenvalue weighted by Crippen LogP contribution is 2.41. The zero-order chi connectivity index (χ0) is 11.8. The van der Waals surface area contributed by atoms with Crippen LogP contribution in [0.1, 0.15) is 26.2 Å². The summed E-state index contributed by atoms with van der Waals surface area (Å²) in [6, 6.07) is 17.3. The number of fused-ring (bicyclic) bond motifs is 2. The van der Waals surface area contributed by atoms with Crippen molar-refractivity contribution in [3.05, 3.63) is 77.4 Å². The number of rotatable bonds is 0. The molecule has 1 aliphatic carbocycles. The van der Waals surface area contributed by atoms with Crippen molar-refractivity contribution < 1.29 is 0 Å². The molecule has 17 heavy (non-hydrogen) atoms. The van der Waals surface area contributed by atoms with E-state index in [1.807, 2.05) is 0 Å². The average molecular weight is 332 g/mol. The van der Waals surface area contributed by atoms with Crippen LogP contribution in [0, 0.1) is 0 Å². The summed E-state index contributed by atoms with van der Waals surface area (Å²) >= 11 is 2.53. The second kappa shape index (κ2) is 4.30. The summed E-state index contributed by atoms with van der Waals surface area (Å²) < 4.78 is 0.430. The van der Waals surface area contributed by atoms with E-state index < -0.39 is 0 Å². The molecule has 1 atom stereocenters. The fraction of sp³-hybridized carbons (Fsp3) is 0.125. The minimum absolute atomic E-state index is 0.430. The molecule has 1 heteroatoms. The highest BCUT2D eigenvalue weighted by atomic mass is 127. The summed E-state index contributed by atoms with van der Waals surface area (Å²) in [4.78, 5) is 0. The van der Waals surface area contributed by atoms with Gasteiger partial charge in [0.2, 0.25) is 0 Å². The molecule has 0 heterocycles. The van der Waals surface area contributed by atoms with Crippen molar-refractivity contribution in [2.45, 2.75) is 10.3 Å². The Morgan fingerprint density at radius 2 is 1.59 bits per heavy atom. The predicted molar refractivity (Wildman–Crippen MR) is 81.5 cm³/mol. The minimum atomic E-state index is 0.430. The van der Waals surface area contributed by atoms with Crippen LogP contribution in [0.15, 0.2) is 55.1 Å². The van der Waals surface area contributed by atoms with Crippen LogP contribution in [0.2, 0.25) is 0 Å². The summed E-state index contributed by atoms with van der Waals surface area (Å²) in [6.45, 7) is 4.25. The molecule has 84 valence electrons. The first kappa shape index (κ1) is 11.0. The lowest BCUT2D eigenvalue weighted by Gasteiger charge is -2.13. The Morgan fingerprint density at radius 3 is 2.41 bits per heavy atom. The topological polar surface area (TPSA) is 0 Å². The second-order valence-electron chi connectivity index (χ2n) is 4.43. The lowest BCUT2D eigenvalue weighted by molar-refractivity contribution is 1.16. The lowest BCUT2D eigenvalue weighted by Crippen LogP contribution is -1.95. The Balaban J connectivity index is 2.26. The van der Waals surface area contributed by atoms with E-state index in [9.17, 15) is 0 Å². The molecule has 0 saturated heterocycles. The van der Waals surface area contributed by atoms with E-state index in [-0.39, 0.29) is 0 Å². The Morgan fingerprint density at radius 1 is 0.941 bits per heavy atom. The molecule has 1 unspecified atom stereocenters. The Kier molecular flexibility index (Phi) is 2.79. The number of halogens is 1. The minimum Gasteiger partial charge on any atom is -0.0949 e. The molecule has 0 amide bonds. The van der Waals surface area contributed by atoms with Gasteiger partial charge in [-0.1, -0.05) is 77.7 Å². The Labute approximate surface area is 116 Å². The van der Waals surface area contributed by atoms with Crippen LogP contribution in [-0.4, -0.2) is 0 Å². The van der Waals surface area contributed by atoms with E-state index in [2.05, 4.69) is 77.7 Å².